The SMILES string of the molecule is CCO[SiH2]CCCSSSSCCC[SiH2]OCC. The highest BCUT2D eigenvalue weighted by molar-refractivity contribution is 9.26. The van der Waals surface area contributed by atoms with Gasteiger partial charge in [-0.1, -0.05) is 21.6 Å². The molecule has 0 saturated heterocycles. The fourth-order valence-corrected chi connectivity index (χ4v) is 10.0. The van der Waals surface area contributed by atoms with Crippen molar-refractivity contribution >= 4 is 60.8 Å². The summed E-state index contributed by atoms with van der Waals surface area (Å²) in [6.07, 6.45) is 2.66. The Bertz CT molecular complexity index is 142. The topological polar surface area (TPSA) is 18.5 Å². The standard InChI is InChI=1S/C10H26O2S4Si2/c1-3-11-17-9-5-7-13-15-16-14-8-6-10-18-12-4-2/h3-10,17-18H2,1-2H3. The van der Waals surface area contributed by atoms with Crippen LogP contribution < -0.4 is 0 Å². The Morgan fingerprint density at radius 2 is 1.22 bits per heavy atom. The second kappa shape index (κ2) is 18.8. The molecular weight excluding hydrogens is 337 g/mol. The lowest BCUT2D eigenvalue weighted by atomic mass is 10.6. The van der Waals surface area contributed by atoms with E-state index in [4.69, 9.17) is 8.85 Å². The molecule has 8 heteroatoms. The maximum Gasteiger partial charge on any atom is 0.161 e. The Hall–Kier alpha value is 1.75. The molecule has 2 nitrogen and oxygen atoms in total. The van der Waals surface area contributed by atoms with Gasteiger partial charge >= 0.3 is 0 Å². The smallest absolute Gasteiger partial charge is 0.161 e. The van der Waals surface area contributed by atoms with Crippen molar-refractivity contribution < 1.29 is 8.85 Å². The molecule has 0 bridgehead atoms. The zero-order valence-electron chi connectivity index (χ0n) is 11.5. The summed E-state index contributed by atoms with van der Waals surface area (Å²) in [4.78, 5) is 0. The molecule has 0 unspecified atom stereocenters. The summed E-state index contributed by atoms with van der Waals surface area (Å²) < 4.78 is 10.9. The normalized spacial score (nSPS) is 12.3. The van der Waals surface area contributed by atoms with E-state index in [1.165, 1.54) is 36.4 Å². The van der Waals surface area contributed by atoms with Gasteiger partial charge in [-0.2, -0.15) is 0 Å². The van der Waals surface area contributed by atoms with Crippen molar-refractivity contribution in [3.05, 3.63) is 0 Å². The van der Waals surface area contributed by atoms with Gasteiger partial charge < -0.3 is 8.85 Å². The Kier molecular flexibility index (Phi) is 20.6. The highest BCUT2D eigenvalue weighted by atomic mass is 33.7. The molecule has 0 heterocycles. The zero-order chi connectivity index (χ0) is 13.3. The maximum absolute atomic E-state index is 5.44. The zero-order valence-corrected chi connectivity index (χ0v) is 17.6. The predicted octanol–water partition coefficient (Wildman–Crippen LogP) is 3.52. The highest BCUT2D eigenvalue weighted by Crippen LogP contribution is 2.43. The van der Waals surface area contributed by atoms with Crippen LogP contribution >= 0.6 is 41.2 Å². The van der Waals surface area contributed by atoms with E-state index >= 15 is 0 Å². The molecule has 0 spiro atoms. The van der Waals surface area contributed by atoms with Crippen LogP contribution in [0.3, 0.4) is 0 Å². The van der Waals surface area contributed by atoms with Crippen molar-refractivity contribution in [2.75, 3.05) is 24.7 Å². The van der Waals surface area contributed by atoms with Gasteiger partial charge in [0.15, 0.2) is 19.5 Å². The third-order valence-corrected chi connectivity index (χ3v) is 11.7. The molecular formula is C10H26O2S4Si2. The van der Waals surface area contributed by atoms with Gasteiger partial charge in [0.2, 0.25) is 0 Å². The van der Waals surface area contributed by atoms with E-state index in [-0.39, 0.29) is 19.5 Å². The molecule has 0 fully saturated rings. The fraction of sp³-hybridized carbons (Fsp3) is 1.00. The number of rotatable bonds is 15. The molecule has 0 N–H and O–H groups in total. The van der Waals surface area contributed by atoms with Crippen molar-refractivity contribution in [1.82, 2.24) is 0 Å². The quantitative estimate of drug-likeness (QED) is 0.250. The van der Waals surface area contributed by atoms with Crippen molar-refractivity contribution in [2.45, 2.75) is 38.8 Å². The Labute approximate surface area is 132 Å². The van der Waals surface area contributed by atoms with Gasteiger partial charge in [-0.3, -0.25) is 0 Å². The van der Waals surface area contributed by atoms with E-state index in [2.05, 4.69) is 13.8 Å². The van der Waals surface area contributed by atoms with E-state index < -0.39 is 0 Å². The van der Waals surface area contributed by atoms with Gasteiger partial charge in [-0.25, -0.2) is 0 Å². The van der Waals surface area contributed by atoms with Gasteiger partial charge in [0, 0.05) is 24.7 Å². The van der Waals surface area contributed by atoms with E-state index in [1.807, 2.05) is 41.2 Å². The largest absolute Gasteiger partial charge is 0.424 e. The molecule has 0 aliphatic rings. The second-order valence-corrected chi connectivity index (χ2v) is 12.9. The summed E-state index contributed by atoms with van der Waals surface area (Å²) in [6, 6.07) is 2.67. The van der Waals surface area contributed by atoms with Crippen LogP contribution in [-0.4, -0.2) is 44.2 Å². The Morgan fingerprint density at radius 3 is 1.61 bits per heavy atom. The van der Waals surface area contributed by atoms with Gasteiger partial charge in [0.1, 0.15) is 0 Å². The molecule has 18 heavy (non-hydrogen) atoms. The first kappa shape index (κ1) is 19.8. The monoisotopic (exact) mass is 362 g/mol. The summed E-state index contributed by atoms with van der Waals surface area (Å²) in [7, 11) is 7.48. The molecule has 0 amide bonds. The molecule has 0 aromatic carbocycles. The maximum atomic E-state index is 5.44. The van der Waals surface area contributed by atoms with Crippen LogP contribution in [0.1, 0.15) is 26.7 Å². The molecule has 0 aromatic heterocycles. The predicted molar refractivity (Wildman–Crippen MR) is 99.3 cm³/mol. The minimum Gasteiger partial charge on any atom is -0.424 e. The minimum absolute atomic E-state index is 0.189. The van der Waals surface area contributed by atoms with Crippen molar-refractivity contribution in [3.8, 4) is 0 Å². The summed E-state index contributed by atoms with van der Waals surface area (Å²) >= 11 is 0. The van der Waals surface area contributed by atoms with Gasteiger partial charge in [0.05, 0.1) is 0 Å². The average Bonchev–Trinajstić information content (AvgIpc) is 2.39. The van der Waals surface area contributed by atoms with Crippen molar-refractivity contribution in [3.63, 3.8) is 0 Å². The van der Waals surface area contributed by atoms with Crippen LogP contribution in [0.5, 0.6) is 0 Å². The van der Waals surface area contributed by atoms with E-state index in [0.717, 1.165) is 13.2 Å². The average molecular weight is 363 g/mol. The first-order valence-electron chi connectivity index (χ1n) is 6.65. The molecule has 0 aromatic rings. The summed E-state index contributed by atoms with van der Waals surface area (Å²) in [5.74, 6) is 2.55. The second-order valence-electron chi connectivity index (χ2n) is 3.59. The van der Waals surface area contributed by atoms with Gasteiger partial charge in [-0.05, 0) is 58.4 Å². The van der Waals surface area contributed by atoms with Crippen LogP contribution in [0.15, 0.2) is 0 Å². The molecule has 0 rings (SSSR count). The molecule has 0 aliphatic heterocycles. The fourth-order valence-electron chi connectivity index (χ4n) is 1.13. The molecule has 0 aliphatic carbocycles. The Balaban J connectivity index is 2.86. The molecule has 0 atom stereocenters. The highest BCUT2D eigenvalue weighted by Gasteiger charge is 1.95. The molecule has 110 valence electrons. The third kappa shape index (κ3) is 17.8. The van der Waals surface area contributed by atoms with Gasteiger partial charge in [0.25, 0.3) is 0 Å². The summed E-state index contributed by atoms with van der Waals surface area (Å²) in [5, 5.41) is 0. The Morgan fingerprint density at radius 1 is 0.778 bits per heavy atom. The van der Waals surface area contributed by atoms with Crippen LogP contribution in [0.25, 0.3) is 0 Å². The number of hydrogen-bond donors (Lipinski definition) is 0. The van der Waals surface area contributed by atoms with Crippen molar-refractivity contribution in [2.24, 2.45) is 0 Å². The third-order valence-electron chi connectivity index (χ3n) is 2.06. The van der Waals surface area contributed by atoms with Crippen molar-refractivity contribution in [1.29, 1.82) is 0 Å². The van der Waals surface area contributed by atoms with Crippen LogP contribution in [-0.2, 0) is 8.85 Å². The summed E-state index contributed by atoms with van der Waals surface area (Å²) in [5.41, 5.74) is 0. The van der Waals surface area contributed by atoms with Crippen LogP contribution in [0.2, 0.25) is 12.1 Å². The lowest BCUT2D eigenvalue weighted by molar-refractivity contribution is 0.359. The number of hydrogen-bond acceptors (Lipinski definition) is 6. The van der Waals surface area contributed by atoms with E-state index in [0.29, 0.717) is 0 Å². The first-order valence-corrected chi connectivity index (χ1v) is 15.0. The van der Waals surface area contributed by atoms with Crippen LogP contribution in [0.4, 0.5) is 0 Å². The first-order chi connectivity index (χ1) is 8.91. The van der Waals surface area contributed by atoms with E-state index in [1.54, 1.807) is 0 Å². The molecule has 0 radical (unpaired) electrons. The van der Waals surface area contributed by atoms with Crippen LogP contribution in [0, 0.1) is 0 Å². The summed E-state index contributed by atoms with van der Waals surface area (Å²) in [6.45, 7) is 5.99. The molecule has 0 saturated carbocycles. The van der Waals surface area contributed by atoms with Gasteiger partial charge in [-0.15, -0.1) is 0 Å². The lowest BCUT2D eigenvalue weighted by Crippen LogP contribution is -1.97. The minimum atomic E-state index is -0.189. The van der Waals surface area contributed by atoms with E-state index in [9.17, 15) is 0 Å². The lowest BCUT2D eigenvalue weighted by Gasteiger charge is -2.02.